The first-order valence-corrected chi connectivity index (χ1v) is 8.11. The van der Waals surface area contributed by atoms with Crippen LogP contribution in [0, 0.1) is 0 Å². The molecule has 0 spiro atoms. The van der Waals surface area contributed by atoms with Gasteiger partial charge in [-0.1, -0.05) is 7.43 Å². The lowest BCUT2D eigenvalue weighted by atomic mass is 10.2. The van der Waals surface area contributed by atoms with Crippen molar-refractivity contribution in [1.82, 2.24) is 0 Å². The van der Waals surface area contributed by atoms with Gasteiger partial charge in [0.1, 0.15) is 18.9 Å². The van der Waals surface area contributed by atoms with Crippen molar-refractivity contribution < 1.29 is 34.2 Å². The second-order valence-electron chi connectivity index (χ2n) is 5.06. The Morgan fingerprint density at radius 2 is 1.17 bits per heavy atom. The zero-order valence-corrected chi connectivity index (χ0v) is 15.3. The molecule has 9 nitrogen and oxygen atoms in total. The molecule has 0 unspecified atom stereocenters. The van der Waals surface area contributed by atoms with Crippen molar-refractivity contribution in [3.05, 3.63) is 59.7 Å². The molecule has 0 radical (unpaired) electrons. The van der Waals surface area contributed by atoms with E-state index < -0.39 is 11.9 Å². The third-order valence-corrected chi connectivity index (χ3v) is 2.91. The molecule has 0 atom stereocenters. The first-order valence-electron chi connectivity index (χ1n) is 8.11. The Bertz CT molecular complexity index is 823. The van der Waals surface area contributed by atoms with Crippen LogP contribution in [0.1, 0.15) is 41.0 Å². The topological polar surface area (TPSA) is 164 Å². The Labute approximate surface area is 173 Å². The fraction of sp³-hybridized carbons (Fsp3) is 0.143. The van der Waals surface area contributed by atoms with E-state index in [4.69, 9.17) is 15.9 Å². The largest absolute Gasteiger partial charge is 0.478 e. The van der Waals surface area contributed by atoms with Crippen LogP contribution in [0.4, 0.5) is 11.4 Å². The molecular weight excluding hydrogens is 392 g/mol. The highest BCUT2D eigenvalue weighted by Crippen LogP contribution is 2.12. The van der Waals surface area contributed by atoms with Gasteiger partial charge in [-0.2, -0.15) is 0 Å². The third-order valence-electron chi connectivity index (χ3n) is 2.91. The van der Waals surface area contributed by atoms with E-state index >= 15 is 0 Å². The molecule has 30 heavy (non-hydrogen) atoms. The van der Waals surface area contributed by atoms with Gasteiger partial charge >= 0.3 is 11.9 Å². The van der Waals surface area contributed by atoms with Gasteiger partial charge in [0.25, 0.3) is 0 Å². The molecule has 4 N–H and O–H groups in total. The van der Waals surface area contributed by atoms with Crippen molar-refractivity contribution in [1.29, 1.82) is 0 Å². The third kappa shape index (κ3) is 13.1. The molecule has 0 aromatic heterocycles. The molecular formula is C21H24N2O7. The van der Waals surface area contributed by atoms with E-state index in [1.165, 1.54) is 30.5 Å². The van der Waals surface area contributed by atoms with Gasteiger partial charge < -0.3 is 30.3 Å². The van der Waals surface area contributed by atoms with Crippen LogP contribution in [0.5, 0.6) is 0 Å². The summed E-state index contributed by atoms with van der Waals surface area (Å²) >= 11 is 0. The van der Waals surface area contributed by atoms with Crippen molar-refractivity contribution >= 4 is 48.4 Å². The smallest absolute Gasteiger partial charge is 0.335 e. The maximum Gasteiger partial charge on any atom is 0.335 e. The second-order valence-corrected chi connectivity index (χ2v) is 5.06. The molecule has 0 fully saturated rings. The molecule has 0 amide bonds. The number of carbonyl (C=O) groups excluding carboxylic acids is 3. The van der Waals surface area contributed by atoms with Gasteiger partial charge in [-0.05, 0) is 48.5 Å². The Morgan fingerprint density at radius 1 is 0.767 bits per heavy atom. The van der Waals surface area contributed by atoms with Crippen molar-refractivity contribution in [3.8, 4) is 0 Å². The van der Waals surface area contributed by atoms with Gasteiger partial charge in [-0.25, -0.2) is 9.59 Å². The Hall–Kier alpha value is -4.14. The minimum atomic E-state index is -0.964. The number of nitrogen functional groups attached to an aromatic ring is 1. The number of anilines is 1. The number of nitrogens with zero attached hydrogens (tertiary/aromatic N) is 1. The van der Waals surface area contributed by atoms with E-state index in [0.717, 1.165) is 6.29 Å². The maximum absolute atomic E-state index is 10.5. The average Bonchev–Trinajstić information content (AvgIpc) is 2.70. The predicted molar refractivity (Wildman–Crippen MR) is 114 cm³/mol. The lowest BCUT2D eigenvalue weighted by molar-refractivity contribution is -0.114. The van der Waals surface area contributed by atoms with Crippen LogP contribution in [0.3, 0.4) is 0 Å². The summed E-state index contributed by atoms with van der Waals surface area (Å²) < 4.78 is 0. The summed E-state index contributed by atoms with van der Waals surface area (Å²) in [5.41, 5.74) is 7.02. The lowest BCUT2D eigenvalue weighted by Crippen LogP contribution is -1.95. The molecule has 0 saturated heterocycles. The molecule has 160 valence electrons. The highest BCUT2D eigenvalue weighted by Gasteiger charge is 2.00. The zero-order chi connectivity index (χ0) is 22.1. The molecule has 2 aromatic carbocycles. The number of carboxylic acids is 2. The first-order chi connectivity index (χ1) is 13.8. The van der Waals surface area contributed by atoms with Gasteiger partial charge in [0.15, 0.2) is 0 Å². The molecule has 2 aromatic rings. The quantitative estimate of drug-likeness (QED) is 0.268. The first kappa shape index (κ1) is 28.1. The number of aliphatic imine (C=N–C) groups is 1. The number of aldehydes is 3. The highest BCUT2D eigenvalue weighted by atomic mass is 16.4. The summed E-state index contributed by atoms with van der Waals surface area (Å²) in [5, 5.41) is 17.0. The fourth-order valence-electron chi connectivity index (χ4n) is 1.56. The normalized spacial score (nSPS) is 8.93. The summed E-state index contributed by atoms with van der Waals surface area (Å²) in [4.78, 5) is 53.0. The molecule has 0 heterocycles. The SMILES string of the molecule is C.Nc1ccc(C(=O)O)cc1.O=CCC=Nc1ccc(C(=O)O)cc1.O=CCC=O. The standard InChI is InChI=1S/C10H9NO3.C7H7NO2.C3H4O2.CH4/c12-7-1-6-11-9-4-2-8(3-5-9)10(13)14;8-6-3-1-5(2-4-6)7(9)10;4-2-1-3-5;/h2-7H,1H2,(H,13,14);1-4H,8H2,(H,9,10);2-3H,1H2;1H4. The second kappa shape index (κ2) is 17.0. The van der Waals surface area contributed by atoms with E-state index in [0.29, 0.717) is 23.9 Å². The Balaban J connectivity index is 0. The van der Waals surface area contributed by atoms with Gasteiger partial charge in [-0.3, -0.25) is 4.99 Å². The summed E-state index contributed by atoms with van der Waals surface area (Å²) in [6.07, 6.45) is 3.64. The number of rotatable bonds is 7. The average molecular weight is 416 g/mol. The van der Waals surface area contributed by atoms with Gasteiger partial charge in [-0.15, -0.1) is 0 Å². The number of carboxylic acid groups (broad SMARTS) is 2. The van der Waals surface area contributed by atoms with E-state index in [9.17, 15) is 24.0 Å². The monoisotopic (exact) mass is 416 g/mol. The molecule has 2 rings (SSSR count). The molecule has 0 saturated carbocycles. The van der Waals surface area contributed by atoms with E-state index in [1.54, 1.807) is 24.3 Å². The fourth-order valence-corrected chi connectivity index (χ4v) is 1.56. The number of hydrogen-bond donors (Lipinski definition) is 3. The zero-order valence-electron chi connectivity index (χ0n) is 15.3. The van der Waals surface area contributed by atoms with Gasteiger partial charge in [0.2, 0.25) is 0 Å². The summed E-state index contributed by atoms with van der Waals surface area (Å²) in [5.74, 6) is -1.89. The van der Waals surface area contributed by atoms with Gasteiger partial charge in [0.05, 0.1) is 23.2 Å². The van der Waals surface area contributed by atoms with Crippen LogP contribution in [-0.4, -0.2) is 47.2 Å². The van der Waals surface area contributed by atoms with Crippen molar-refractivity contribution in [2.75, 3.05) is 5.73 Å². The molecule has 9 heteroatoms. The summed E-state index contributed by atoms with van der Waals surface area (Å²) in [6.45, 7) is 0. The number of nitrogens with two attached hydrogens (primary N) is 1. The lowest BCUT2D eigenvalue weighted by Gasteiger charge is -1.94. The summed E-state index contributed by atoms with van der Waals surface area (Å²) in [7, 11) is 0. The highest BCUT2D eigenvalue weighted by molar-refractivity contribution is 5.88. The van der Waals surface area contributed by atoms with Crippen LogP contribution < -0.4 is 5.73 Å². The molecule has 0 aliphatic rings. The number of benzene rings is 2. The number of carbonyl (C=O) groups is 5. The minimum Gasteiger partial charge on any atom is -0.478 e. The minimum absolute atomic E-state index is 0. The van der Waals surface area contributed by atoms with E-state index in [-0.39, 0.29) is 31.4 Å². The van der Waals surface area contributed by atoms with Crippen LogP contribution in [-0.2, 0) is 14.4 Å². The molecule has 0 bridgehead atoms. The Morgan fingerprint density at radius 3 is 1.50 bits per heavy atom. The molecule has 0 aliphatic heterocycles. The van der Waals surface area contributed by atoms with E-state index in [2.05, 4.69) is 4.99 Å². The van der Waals surface area contributed by atoms with Crippen LogP contribution >= 0.6 is 0 Å². The van der Waals surface area contributed by atoms with Crippen LogP contribution in [0.25, 0.3) is 0 Å². The molecule has 0 aliphatic carbocycles. The van der Waals surface area contributed by atoms with Crippen molar-refractivity contribution in [2.45, 2.75) is 20.3 Å². The number of hydrogen-bond acceptors (Lipinski definition) is 7. The maximum atomic E-state index is 10.5. The number of aromatic carboxylic acids is 2. The van der Waals surface area contributed by atoms with Crippen molar-refractivity contribution in [2.24, 2.45) is 4.99 Å². The van der Waals surface area contributed by atoms with Crippen LogP contribution in [0.2, 0.25) is 0 Å². The predicted octanol–water partition coefficient (Wildman–Crippen LogP) is 3.05. The van der Waals surface area contributed by atoms with Gasteiger partial charge in [0, 0.05) is 18.3 Å². The Kier molecular flexibility index (Phi) is 15.9. The van der Waals surface area contributed by atoms with E-state index in [1.807, 2.05) is 0 Å². The van der Waals surface area contributed by atoms with Crippen LogP contribution in [0.15, 0.2) is 53.5 Å². The van der Waals surface area contributed by atoms with Crippen molar-refractivity contribution in [3.63, 3.8) is 0 Å². The summed E-state index contributed by atoms with van der Waals surface area (Å²) in [6, 6.07) is 12.2.